The van der Waals surface area contributed by atoms with Crippen LogP contribution in [0.15, 0.2) is 97.3 Å². The van der Waals surface area contributed by atoms with Gasteiger partial charge in [-0.3, -0.25) is 9.59 Å². The summed E-state index contributed by atoms with van der Waals surface area (Å²) in [6.45, 7) is 5.68. The first-order valence-corrected chi connectivity index (χ1v) is 23.7. The fourth-order valence-electron chi connectivity index (χ4n) is 8.98. The number of amides is 2. The quantitative estimate of drug-likeness (QED) is 0.0867. The Kier molecular flexibility index (Phi) is 15.1. The molecule has 0 bridgehead atoms. The van der Waals surface area contributed by atoms with E-state index in [1.807, 2.05) is 65.6 Å². The molecule has 4 N–H and O–H groups in total. The molecule has 1 saturated heterocycles. The topological polar surface area (TPSA) is 212 Å². The van der Waals surface area contributed by atoms with Crippen LogP contribution < -0.4 is 15.5 Å². The predicted octanol–water partition coefficient (Wildman–Crippen LogP) is 5.36. The summed E-state index contributed by atoms with van der Waals surface area (Å²) in [7, 11) is -5.25. The predicted molar refractivity (Wildman–Crippen MR) is 242 cm³/mol. The van der Waals surface area contributed by atoms with Crippen molar-refractivity contribution < 1.29 is 51.0 Å². The Hall–Kier alpha value is -6.16. The monoisotopic (exact) mass is 949 g/mol. The Balaban J connectivity index is 1.24. The van der Waals surface area contributed by atoms with E-state index >= 15 is 0 Å². The van der Waals surface area contributed by atoms with Gasteiger partial charge in [-0.05, 0) is 59.3 Å². The van der Waals surface area contributed by atoms with Gasteiger partial charge in [-0.2, -0.15) is 35.9 Å². The Morgan fingerprint density at radius 2 is 1.54 bits per heavy atom. The third kappa shape index (κ3) is 10.5. The van der Waals surface area contributed by atoms with Gasteiger partial charge in [-0.15, -0.1) is 0 Å². The zero-order valence-corrected chi connectivity index (χ0v) is 38.0. The van der Waals surface area contributed by atoms with Gasteiger partial charge in [-0.25, -0.2) is 9.78 Å². The van der Waals surface area contributed by atoms with E-state index in [1.165, 1.54) is 36.7 Å². The second-order valence-corrected chi connectivity index (χ2v) is 18.3. The molecule has 67 heavy (non-hydrogen) atoms. The molecule has 21 heteroatoms. The van der Waals surface area contributed by atoms with Gasteiger partial charge in [0.25, 0.3) is 0 Å². The number of rotatable bonds is 17. The number of carbonyl (C=O) groups excluding carboxylic acids is 3. The number of anilines is 2. The molecule has 2 aromatic heterocycles. The summed E-state index contributed by atoms with van der Waals surface area (Å²) in [5.41, 5.74) is 2.43. The molecule has 1 aliphatic carbocycles. The Morgan fingerprint density at radius 3 is 2.12 bits per heavy atom. The second kappa shape index (κ2) is 20.8. The number of hydrogen-bond acceptors (Lipinski definition) is 13. The molecule has 1 saturated carbocycles. The van der Waals surface area contributed by atoms with E-state index in [0.717, 1.165) is 15.4 Å². The van der Waals surface area contributed by atoms with Gasteiger partial charge in [0.2, 0.25) is 11.9 Å². The number of fused-ring (bicyclic) bond motifs is 1. The minimum Gasteiger partial charge on any atom is -0.388 e. The third-order valence-corrected chi connectivity index (χ3v) is 14.0. The van der Waals surface area contributed by atoms with Gasteiger partial charge in [-0.1, -0.05) is 99.6 Å². The van der Waals surface area contributed by atoms with Crippen molar-refractivity contribution in [3.05, 3.63) is 114 Å². The van der Waals surface area contributed by atoms with Crippen LogP contribution in [-0.2, 0) is 24.6 Å². The van der Waals surface area contributed by atoms with E-state index < -0.39 is 69.0 Å². The molecule has 3 heterocycles. The van der Waals surface area contributed by atoms with Crippen LogP contribution in [0, 0.1) is 5.92 Å². The van der Waals surface area contributed by atoms with Crippen LogP contribution in [0.2, 0.25) is 0 Å². The number of nitrogens with zero attached hydrogens (tertiary/aromatic N) is 7. The molecule has 6 atom stereocenters. The average molecular weight is 950 g/mol. The zero-order valence-electron chi connectivity index (χ0n) is 37.2. The number of hydroxylamine groups is 1. The number of hydrogen-bond donors (Lipinski definition) is 4. The van der Waals surface area contributed by atoms with Crippen molar-refractivity contribution in [1.29, 1.82) is 0 Å². The summed E-state index contributed by atoms with van der Waals surface area (Å²) in [5, 5.41) is 28.7. The maximum absolute atomic E-state index is 14.5. The van der Waals surface area contributed by atoms with E-state index in [0.29, 0.717) is 36.5 Å². The number of benzene rings is 3. The standard InChI is InChI=1S/C46H54F3N9O8S/c1-4-23-57(67(64,65)58(66-44(63)46(47,48)49)43(62)31-20-14-9-15-21-31)35(5-2)32-22-24-55(27-32)45-53-41(50-26-33(29-16-10-7-11-17-29)30-18-12-8-13-19-30)38-42(54-45)56(28-51-38)36-25-34(39(60)40(36)61)52-37(59)6-3/h7-21,28,32-36,39-40,60-61H,4-6,22-27H2,1-3H3,(H,52,59)(H,50,53,54)/t32-,34+,35?,36-,39-,40+/m1/s1. The molecule has 2 aliphatic rings. The first-order chi connectivity index (χ1) is 32.1. The fraction of sp³-hybridized carbons (Fsp3) is 0.435. The summed E-state index contributed by atoms with van der Waals surface area (Å²) in [5.74, 6) is -4.70. The summed E-state index contributed by atoms with van der Waals surface area (Å²) < 4.78 is 71.8. The number of aliphatic hydroxyl groups excluding tert-OH is 2. The van der Waals surface area contributed by atoms with E-state index in [4.69, 9.17) is 15.0 Å². The first-order valence-electron chi connectivity index (χ1n) is 22.3. The normalized spacial score (nSPS) is 20.3. The third-order valence-electron chi connectivity index (χ3n) is 12.3. The van der Waals surface area contributed by atoms with Crippen molar-refractivity contribution in [1.82, 2.24) is 33.6 Å². The Bertz CT molecular complexity index is 2570. The number of imidazole rings is 1. The fourth-order valence-corrected chi connectivity index (χ4v) is 10.7. The smallest absolute Gasteiger partial charge is 0.388 e. The average Bonchev–Trinajstić information content (AvgIpc) is 4.06. The van der Waals surface area contributed by atoms with Crippen LogP contribution in [0.4, 0.5) is 24.9 Å². The highest BCUT2D eigenvalue weighted by Crippen LogP contribution is 2.37. The lowest BCUT2D eigenvalue weighted by molar-refractivity contribution is -0.217. The van der Waals surface area contributed by atoms with Crippen molar-refractivity contribution in [2.75, 3.05) is 36.4 Å². The summed E-state index contributed by atoms with van der Waals surface area (Å²) >= 11 is 0. The van der Waals surface area contributed by atoms with E-state index in [-0.39, 0.29) is 62.1 Å². The van der Waals surface area contributed by atoms with Gasteiger partial charge < -0.3 is 35.2 Å². The molecule has 2 fully saturated rings. The number of carbonyl (C=O) groups is 3. The molecular formula is C46H54F3N9O8S. The molecule has 3 aromatic carbocycles. The van der Waals surface area contributed by atoms with Gasteiger partial charge in [0.15, 0.2) is 17.0 Å². The van der Waals surface area contributed by atoms with E-state index in [9.17, 15) is 46.2 Å². The molecule has 5 aromatic rings. The number of aromatic nitrogens is 4. The number of aliphatic hydroxyl groups is 2. The molecule has 0 spiro atoms. The van der Waals surface area contributed by atoms with Crippen LogP contribution in [0.1, 0.15) is 86.3 Å². The lowest BCUT2D eigenvalue weighted by atomic mass is 9.91. The maximum Gasteiger partial charge on any atom is 0.493 e. The van der Waals surface area contributed by atoms with Gasteiger partial charge in [0.05, 0.1) is 18.4 Å². The Morgan fingerprint density at radius 1 is 0.910 bits per heavy atom. The van der Waals surface area contributed by atoms with Crippen molar-refractivity contribution >= 4 is 50.9 Å². The Labute approximate surface area is 386 Å². The van der Waals surface area contributed by atoms with Crippen molar-refractivity contribution in [3.8, 4) is 0 Å². The lowest BCUT2D eigenvalue weighted by Crippen LogP contribution is -2.54. The van der Waals surface area contributed by atoms with E-state index in [1.54, 1.807) is 25.3 Å². The SMILES string of the molecule is CCCN(C(CC)[C@@H]1CCN(c2nc(NCC(c3ccccc3)c3ccccc3)c3ncn([C@@H]4C[C@H](NC(=O)CC)[C@@H](O)[C@H]4O)c3n2)C1)S(=O)(=O)N(OC(=O)C(F)(F)F)C(=O)c1ccccc1. The summed E-state index contributed by atoms with van der Waals surface area (Å²) in [4.78, 5) is 59.1. The summed E-state index contributed by atoms with van der Waals surface area (Å²) in [6.07, 6.45) is -5.62. The van der Waals surface area contributed by atoms with Crippen molar-refractivity contribution in [2.24, 2.45) is 5.92 Å². The molecule has 1 aliphatic heterocycles. The molecule has 1 unspecified atom stereocenters. The maximum atomic E-state index is 14.5. The van der Waals surface area contributed by atoms with Crippen LogP contribution in [0.25, 0.3) is 11.2 Å². The van der Waals surface area contributed by atoms with Gasteiger partial charge >= 0.3 is 28.3 Å². The molecule has 0 radical (unpaired) electrons. The van der Waals surface area contributed by atoms with Gasteiger partial charge in [0, 0.05) is 50.1 Å². The minimum absolute atomic E-state index is 0.135. The minimum atomic E-state index is -5.62. The van der Waals surface area contributed by atoms with Crippen LogP contribution in [0.3, 0.4) is 0 Å². The molecule has 7 rings (SSSR count). The van der Waals surface area contributed by atoms with Crippen LogP contribution >= 0.6 is 0 Å². The number of alkyl halides is 3. The molecular weight excluding hydrogens is 896 g/mol. The first kappa shape index (κ1) is 48.8. The van der Waals surface area contributed by atoms with Crippen molar-refractivity contribution in [2.45, 2.75) is 95.3 Å². The summed E-state index contributed by atoms with van der Waals surface area (Å²) in [6, 6.07) is 24.1. The second-order valence-electron chi connectivity index (χ2n) is 16.6. The molecule has 358 valence electrons. The molecule has 17 nitrogen and oxygen atoms in total. The largest absolute Gasteiger partial charge is 0.493 e. The van der Waals surface area contributed by atoms with Crippen LogP contribution in [-0.4, -0.2) is 121 Å². The zero-order chi connectivity index (χ0) is 48.0. The highest BCUT2D eigenvalue weighted by molar-refractivity contribution is 7.87. The highest BCUT2D eigenvalue weighted by Gasteiger charge is 2.49. The van der Waals surface area contributed by atoms with Gasteiger partial charge in [0.1, 0.15) is 12.2 Å². The number of nitrogens with one attached hydrogen (secondary N) is 2. The van der Waals surface area contributed by atoms with E-state index in [2.05, 4.69) is 15.5 Å². The number of halogens is 3. The lowest BCUT2D eigenvalue weighted by Gasteiger charge is -2.36. The van der Waals surface area contributed by atoms with Crippen LogP contribution in [0.5, 0.6) is 0 Å². The highest BCUT2D eigenvalue weighted by atomic mass is 32.2. The van der Waals surface area contributed by atoms with Crippen molar-refractivity contribution in [3.63, 3.8) is 0 Å². The molecule has 2 amide bonds.